The smallest absolute Gasteiger partial charge is 0.326 e. The quantitative estimate of drug-likeness (QED) is 0.582. The molecule has 0 unspecified atom stereocenters. The maximum atomic E-state index is 11.8. The Morgan fingerprint density at radius 3 is 1.83 bits per heavy atom. The van der Waals surface area contributed by atoms with Gasteiger partial charge in [0, 0.05) is 13.5 Å². The molecule has 0 spiro atoms. The highest BCUT2D eigenvalue weighted by Gasteiger charge is 2.29. The molecule has 2 atom stereocenters. The van der Waals surface area contributed by atoms with E-state index >= 15 is 0 Å². The topological polar surface area (TPSA) is 29.3 Å². The van der Waals surface area contributed by atoms with Crippen LogP contribution in [0.1, 0.15) is 46.5 Å². The summed E-state index contributed by atoms with van der Waals surface area (Å²) in [4.78, 5) is 2.25. The van der Waals surface area contributed by atoms with Crippen LogP contribution in [0, 0.1) is 0 Å². The number of nitrogens with zero attached hydrogens (tertiary/aromatic N) is 1. The molecule has 23 heavy (non-hydrogen) atoms. The van der Waals surface area contributed by atoms with Gasteiger partial charge >= 0.3 is 6.18 Å². The molecule has 1 aromatic rings. The number of benzene rings is 1. The molecule has 6 heteroatoms. The molecule has 0 aliphatic heterocycles. The fourth-order valence-electron chi connectivity index (χ4n) is 2.41. The van der Waals surface area contributed by atoms with Gasteiger partial charge in [-0.2, -0.15) is 13.2 Å². The molecule has 2 nitrogen and oxygen atoms in total. The van der Waals surface area contributed by atoms with E-state index in [-0.39, 0.29) is 25.4 Å². The molecule has 1 aliphatic rings. The van der Waals surface area contributed by atoms with Gasteiger partial charge in [0.05, 0.1) is 5.56 Å². The van der Waals surface area contributed by atoms with E-state index in [2.05, 4.69) is 19.0 Å². The van der Waals surface area contributed by atoms with Gasteiger partial charge in [-0.3, -0.25) is 0 Å². The van der Waals surface area contributed by atoms with Gasteiger partial charge in [-0.05, 0) is 26.9 Å². The SMILES string of the molecule is CC.CN(C)[C@H]1CCCC[C@@H]1N.FC(F)(F)c1ccccc1.I.[HH]. The summed E-state index contributed by atoms with van der Waals surface area (Å²) in [5.41, 5.74) is 5.34. The fourth-order valence-corrected chi connectivity index (χ4v) is 2.41. The third-order valence-electron chi connectivity index (χ3n) is 3.55. The molecule has 138 valence electrons. The number of hydrogen-bond acceptors (Lipinski definition) is 2. The predicted octanol–water partition coefficient (Wildman–Crippen LogP) is 5.41. The van der Waals surface area contributed by atoms with Crippen molar-refractivity contribution in [3.8, 4) is 0 Å². The molecule has 0 bridgehead atoms. The minimum absolute atomic E-state index is 0. The molecule has 0 amide bonds. The molecule has 1 aromatic carbocycles. The van der Waals surface area contributed by atoms with Gasteiger partial charge < -0.3 is 10.6 Å². The molecule has 0 heterocycles. The van der Waals surface area contributed by atoms with Crippen LogP contribution in [0.2, 0.25) is 0 Å². The summed E-state index contributed by atoms with van der Waals surface area (Å²) in [5, 5.41) is 0. The first kappa shape index (κ1) is 24.9. The van der Waals surface area contributed by atoms with Crippen LogP contribution >= 0.6 is 24.0 Å². The highest BCUT2D eigenvalue weighted by atomic mass is 127. The molecule has 2 N–H and O–H groups in total. The number of nitrogens with two attached hydrogens (primary N) is 1. The fraction of sp³-hybridized carbons (Fsp3) is 0.647. The summed E-state index contributed by atoms with van der Waals surface area (Å²) in [6.45, 7) is 4.00. The van der Waals surface area contributed by atoms with Crippen molar-refractivity contribution in [3.05, 3.63) is 35.9 Å². The Morgan fingerprint density at radius 2 is 1.52 bits per heavy atom. The minimum Gasteiger partial charge on any atom is -0.326 e. The molecular formula is C17H32F3IN2. The zero-order chi connectivity index (χ0) is 17.2. The molecule has 0 saturated heterocycles. The number of alkyl halides is 3. The summed E-state index contributed by atoms with van der Waals surface area (Å²) in [6, 6.07) is 7.42. The van der Waals surface area contributed by atoms with Crippen LogP contribution in [0.25, 0.3) is 0 Å². The monoisotopic (exact) mass is 448 g/mol. The number of halogens is 4. The molecule has 1 aliphatic carbocycles. The Morgan fingerprint density at radius 1 is 1.04 bits per heavy atom. The lowest BCUT2D eigenvalue weighted by Gasteiger charge is -2.33. The van der Waals surface area contributed by atoms with Crippen LogP contribution < -0.4 is 5.73 Å². The van der Waals surface area contributed by atoms with E-state index in [1.54, 1.807) is 6.07 Å². The molecular weight excluding hydrogens is 416 g/mol. The van der Waals surface area contributed by atoms with E-state index in [0.29, 0.717) is 12.1 Å². The third-order valence-corrected chi connectivity index (χ3v) is 3.55. The van der Waals surface area contributed by atoms with Crippen molar-refractivity contribution in [2.24, 2.45) is 5.73 Å². The van der Waals surface area contributed by atoms with E-state index in [1.165, 1.54) is 37.8 Å². The molecule has 1 saturated carbocycles. The molecule has 1 fully saturated rings. The number of hydrogen-bond donors (Lipinski definition) is 1. The van der Waals surface area contributed by atoms with Crippen molar-refractivity contribution >= 4 is 24.0 Å². The summed E-state index contributed by atoms with van der Waals surface area (Å²) in [7, 11) is 4.24. The van der Waals surface area contributed by atoms with Gasteiger partial charge in [-0.15, -0.1) is 24.0 Å². The summed E-state index contributed by atoms with van der Waals surface area (Å²) >= 11 is 0. The lowest BCUT2D eigenvalue weighted by Crippen LogP contribution is -2.46. The second-order valence-corrected chi connectivity index (χ2v) is 5.34. The van der Waals surface area contributed by atoms with Crippen LogP contribution in [-0.2, 0) is 6.18 Å². The zero-order valence-corrected chi connectivity index (χ0v) is 16.8. The number of likely N-dealkylation sites (N-methyl/N-ethyl adjacent to an activating group) is 1. The Kier molecular flexibility index (Phi) is 14.1. The van der Waals surface area contributed by atoms with Gasteiger partial charge in [0.15, 0.2) is 0 Å². The first-order chi connectivity index (χ1) is 10.3. The normalized spacial score (nSPS) is 20.4. The van der Waals surface area contributed by atoms with Gasteiger partial charge in [0.25, 0.3) is 0 Å². The van der Waals surface area contributed by atoms with Crippen LogP contribution in [0.15, 0.2) is 30.3 Å². The van der Waals surface area contributed by atoms with Gasteiger partial charge in [-0.1, -0.05) is 57.0 Å². The van der Waals surface area contributed by atoms with E-state index in [1.807, 2.05) is 13.8 Å². The molecule has 0 radical (unpaired) electrons. The van der Waals surface area contributed by atoms with Crippen molar-refractivity contribution in [1.82, 2.24) is 4.90 Å². The van der Waals surface area contributed by atoms with Crippen molar-refractivity contribution in [2.45, 2.75) is 57.8 Å². The van der Waals surface area contributed by atoms with Crippen molar-refractivity contribution in [1.29, 1.82) is 0 Å². The van der Waals surface area contributed by atoms with E-state index < -0.39 is 11.7 Å². The largest absolute Gasteiger partial charge is 0.416 e. The zero-order valence-electron chi connectivity index (χ0n) is 14.4. The number of rotatable bonds is 1. The minimum atomic E-state index is -4.21. The van der Waals surface area contributed by atoms with Crippen LogP contribution in [-0.4, -0.2) is 31.1 Å². The Bertz CT molecular complexity index is 389. The Labute approximate surface area is 157 Å². The van der Waals surface area contributed by atoms with Crippen molar-refractivity contribution in [2.75, 3.05) is 14.1 Å². The lowest BCUT2D eigenvalue weighted by atomic mass is 9.90. The summed E-state index contributed by atoms with van der Waals surface area (Å²) < 4.78 is 35.4. The highest BCUT2D eigenvalue weighted by molar-refractivity contribution is 14.0. The third kappa shape index (κ3) is 10.2. The second-order valence-electron chi connectivity index (χ2n) is 5.34. The highest BCUT2D eigenvalue weighted by Crippen LogP contribution is 2.28. The summed E-state index contributed by atoms with van der Waals surface area (Å²) in [5.74, 6) is 0. The second kappa shape index (κ2) is 13.0. The van der Waals surface area contributed by atoms with E-state index in [0.717, 1.165) is 12.1 Å². The maximum Gasteiger partial charge on any atom is 0.416 e. The Hall–Kier alpha value is -0.340. The summed E-state index contributed by atoms with van der Waals surface area (Å²) in [6.07, 6.45) is 0.973. The van der Waals surface area contributed by atoms with Gasteiger partial charge in [0.2, 0.25) is 0 Å². The molecule has 0 aromatic heterocycles. The first-order valence-electron chi connectivity index (χ1n) is 7.86. The van der Waals surface area contributed by atoms with Crippen molar-refractivity contribution < 1.29 is 14.6 Å². The van der Waals surface area contributed by atoms with Gasteiger partial charge in [0.1, 0.15) is 0 Å². The van der Waals surface area contributed by atoms with Crippen molar-refractivity contribution in [3.63, 3.8) is 0 Å². The van der Waals surface area contributed by atoms with E-state index in [4.69, 9.17) is 5.73 Å². The van der Waals surface area contributed by atoms with Gasteiger partial charge in [-0.25, -0.2) is 0 Å². The average molecular weight is 448 g/mol. The predicted molar refractivity (Wildman–Crippen MR) is 104 cm³/mol. The van der Waals surface area contributed by atoms with Crippen LogP contribution in [0.3, 0.4) is 0 Å². The molecule has 2 rings (SSSR count). The lowest BCUT2D eigenvalue weighted by molar-refractivity contribution is -0.137. The maximum absolute atomic E-state index is 11.8. The average Bonchev–Trinajstić information content (AvgIpc) is 2.50. The van der Waals surface area contributed by atoms with Crippen LogP contribution in [0.4, 0.5) is 13.2 Å². The van der Waals surface area contributed by atoms with Crippen LogP contribution in [0.5, 0.6) is 0 Å². The first-order valence-corrected chi connectivity index (χ1v) is 7.86. The Balaban J connectivity index is -0.000000310. The standard InChI is InChI=1S/C8H18N2.C7H5F3.C2H6.HI.H2/c1-10(2)8-6-4-3-5-7(8)9;8-7(9,10)6-4-2-1-3-5-6;1-2;;/h7-8H,3-6,9H2,1-2H3;1-5H;1-2H3;2*1H/t7-,8-;;;;/m0..../s1. The van der Waals surface area contributed by atoms with E-state index in [9.17, 15) is 13.2 Å².